The Morgan fingerprint density at radius 1 is 1.15 bits per heavy atom. The average Bonchev–Trinajstić information content (AvgIpc) is 3.16. The van der Waals surface area contributed by atoms with Crippen molar-refractivity contribution in [3.8, 4) is 0 Å². The van der Waals surface area contributed by atoms with Gasteiger partial charge in [0.1, 0.15) is 11.6 Å². The molecule has 1 aromatic heterocycles. The Kier molecular flexibility index (Phi) is 5.77. The van der Waals surface area contributed by atoms with Gasteiger partial charge in [-0.15, -0.1) is 5.10 Å². The molecule has 1 saturated heterocycles. The maximum Gasteiger partial charge on any atom is 0.319 e. The van der Waals surface area contributed by atoms with E-state index in [4.69, 9.17) is 0 Å². The lowest BCUT2D eigenvalue weighted by atomic mass is 10.3. The van der Waals surface area contributed by atoms with Crippen LogP contribution in [-0.4, -0.2) is 42.4 Å². The van der Waals surface area contributed by atoms with Crippen molar-refractivity contribution in [1.82, 2.24) is 15.5 Å². The molecule has 2 amide bonds. The third-order valence-electron chi connectivity index (χ3n) is 4.01. The first-order chi connectivity index (χ1) is 12.6. The molecule has 0 radical (unpaired) electrons. The highest BCUT2D eigenvalue weighted by Gasteiger charge is 2.13. The van der Waals surface area contributed by atoms with Crippen LogP contribution in [0.3, 0.4) is 0 Å². The number of rotatable bonds is 6. The fourth-order valence-corrected chi connectivity index (χ4v) is 2.72. The SMILES string of the molecule is O=C(NCCNc1cc(N2CCCC2)cnn1)Nc1ccc(F)cc1F. The molecule has 0 atom stereocenters. The lowest BCUT2D eigenvalue weighted by Gasteiger charge is -2.17. The number of carbonyl (C=O) groups excluding carboxylic acids is 1. The van der Waals surface area contributed by atoms with Crippen LogP contribution in [0, 0.1) is 11.6 Å². The van der Waals surface area contributed by atoms with Crippen molar-refractivity contribution < 1.29 is 13.6 Å². The summed E-state index contributed by atoms with van der Waals surface area (Å²) in [6.07, 6.45) is 4.09. The van der Waals surface area contributed by atoms with Crippen molar-refractivity contribution in [2.24, 2.45) is 0 Å². The second-order valence-corrected chi connectivity index (χ2v) is 5.93. The maximum absolute atomic E-state index is 13.5. The molecule has 26 heavy (non-hydrogen) atoms. The summed E-state index contributed by atoms with van der Waals surface area (Å²) in [4.78, 5) is 14.0. The van der Waals surface area contributed by atoms with Crippen molar-refractivity contribution in [2.45, 2.75) is 12.8 Å². The van der Waals surface area contributed by atoms with Crippen LogP contribution in [0.2, 0.25) is 0 Å². The summed E-state index contributed by atoms with van der Waals surface area (Å²) in [5.74, 6) is -0.900. The fraction of sp³-hybridized carbons (Fsp3) is 0.353. The molecule has 9 heteroatoms. The van der Waals surface area contributed by atoms with Gasteiger partial charge in [-0.05, 0) is 25.0 Å². The highest BCUT2D eigenvalue weighted by Crippen LogP contribution is 2.20. The lowest BCUT2D eigenvalue weighted by molar-refractivity contribution is 0.252. The smallest absolute Gasteiger partial charge is 0.319 e. The number of nitrogens with zero attached hydrogens (tertiary/aromatic N) is 3. The van der Waals surface area contributed by atoms with Crippen molar-refractivity contribution >= 4 is 23.2 Å². The van der Waals surface area contributed by atoms with E-state index in [1.165, 1.54) is 18.9 Å². The first-order valence-electron chi connectivity index (χ1n) is 8.43. The summed E-state index contributed by atoms with van der Waals surface area (Å²) >= 11 is 0. The molecule has 0 saturated carbocycles. The summed E-state index contributed by atoms with van der Waals surface area (Å²) in [7, 11) is 0. The second-order valence-electron chi connectivity index (χ2n) is 5.93. The molecule has 1 aliphatic heterocycles. The zero-order valence-electron chi connectivity index (χ0n) is 14.1. The van der Waals surface area contributed by atoms with Gasteiger partial charge in [0.25, 0.3) is 0 Å². The summed E-state index contributed by atoms with van der Waals surface area (Å²) in [6.45, 7) is 2.77. The first-order valence-corrected chi connectivity index (χ1v) is 8.43. The summed E-state index contributed by atoms with van der Waals surface area (Å²) < 4.78 is 26.3. The number of hydrogen-bond donors (Lipinski definition) is 3. The van der Waals surface area contributed by atoms with Gasteiger partial charge in [0.05, 0.1) is 17.6 Å². The minimum Gasteiger partial charge on any atom is -0.370 e. The molecular formula is C17H20F2N6O. The van der Waals surface area contributed by atoms with Gasteiger partial charge in [-0.1, -0.05) is 0 Å². The lowest BCUT2D eigenvalue weighted by Crippen LogP contribution is -2.33. The van der Waals surface area contributed by atoms with Crippen molar-refractivity contribution in [1.29, 1.82) is 0 Å². The third-order valence-corrected chi connectivity index (χ3v) is 4.01. The molecule has 0 unspecified atom stereocenters. The van der Waals surface area contributed by atoms with Gasteiger partial charge in [0, 0.05) is 38.3 Å². The van der Waals surface area contributed by atoms with Gasteiger partial charge in [-0.2, -0.15) is 5.10 Å². The predicted molar refractivity (Wildman–Crippen MR) is 95.3 cm³/mol. The fourth-order valence-electron chi connectivity index (χ4n) is 2.72. The number of nitrogens with one attached hydrogen (secondary N) is 3. The summed E-state index contributed by atoms with van der Waals surface area (Å²) in [5.41, 5.74) is 0.943. The van der Waals surface area contributed by atoms with E-state index in [0.717, 1.165) is 24.8 Å². The van der Waals surface area contributed by atoms with E-state index in [1.807, 2.05) is 6.07 Å². The number of carbonyl (C=O) groups is 1. The van der Waals surface area contributed by atoms with Crippen LogP contribution in [0.15, 0.2) is 30.5 Å². The van der Waals surface area contributed by atoms with Crippen molar-refractivity contribution in [3.63, 3.8) is 0 Å². The van der Waals surface area contributed by atoms with E-state index in [0.29, 0.717) is 25.0 Å². The van der Waals surface area contributed by atoms with E-state index in [2.05, 4.69) is 31.0 Å². The number of aromatic nitrogens is 2. The molecule has 1 fully saturated rings. The van der Waals surface area contributed by atoms with Crippen LogP contribution in [0.5, 0.6) is 0 Å². The normalized spacial score (nSPS) is 13.5. The zero-order chi connectivity index (χ0) is 18.4. The highest BCUT2D eigenvalue weighted by atomic mass is 19.1. The molecule has 7 nitrogen and oxygen atoms in total. The average molecular weight is 362 g/mol. The van der Waals surface area contributed by atoms with Crippen LogP contribution in [0.1, 0.15) is 12.8 Å². The van der Waals surface area contributed by atoms with E-state index in [9.17, 15) is 13.6 Å². The van der Waals surface area contributed by atoms with E-state index < -0.39 is 17.7 Å². The van der Waals surface area contributed by atoms with Crippen LogP contribution in [-0.2, 0) is 0 Å². The largest absolute Gasteiger partial charge is 0.370 e. The first kappa shape index (κ1) is 17.8. The molecule has 2 aromatic rings. The number of urea groups is 1. The van der Waals surface area contributed by atoms with Gasteiger partial charge in [-0.25, -0.2) is 13.6 Å². The Hall–Kier alpha value is -2.97. The van der Waals surface area contributed by atoms with Gasteiger partial charge >= 0.3 is 6.03 Å². The molecule has 3 rings (SSSR count). The van der Waals surface area contributed by atoms with Crippen LogP contribution in [0.4, 0.5) is 30.8 Å². The topological polar surface area (TPSA) is 82.2 Å². The molecule has 138 valence electrons. The Bertz CT molecular complexity index is 767. The monoisotopic (exact) mass is 362 g/mol. The number of benzene rings is 1. The Balaban J connectivity index is 1.42. The van der Waals surface area contributed by atoms with Crippen molar-refractivity contribution in [3.05, 3.63) is 42.1 Å². The number of amides is 2. The second kappa shape index (κ2) is 8.41. The standard InChI is InChI=1S/C17H20F2N6O/c18-12-3-4-15(14(19)9-12)23-17(26)21-6-5-20-16-10-13(11-22-24-16)25-7-1-2-8-25/h3-4,9-11H,1-2,5-8H2,(H,20,24)(H2,21,23,26). The van der Waals surface area contributed by atoms with Crippen molar-refractivity contribution in [2.75, 3.05) is 41.7 Å². The van der Waals surface area contributed by atoms with Crippen LogP contribution >= 0.6 is 0 Å². The molecule has 3 N–H and O–H groups in total. The van der Waals surface area contributed by atoms with Crippen LogP contribution < -0.4 is 20.9 Å². The third kappa shape index (κ3) is 4.78. The Labute approximate surface area is 149 Å². The van der Waals surface area contributed by atoms with E-state index in [-0.39, 0.29) is 5.69 Å². The summed E-state index contributed by atoms with van der Waals surface area (Å²) in [5, 5.41) is 16.0. The van der Waals surface area contributed by atoms with Gasteiger partial charge in [-0.3, -0.25) is 0 Å². The van der Waals surface area contributed by atoms with E-state index in [1.54, 1.807) is 6.20 Å². The molecule has 1 aliphatic rings. The van der Waals surface area contributed by atoms with E-state index >= 15 is 0 Å². The molecular weight excluding hydrogens is 342 g/mol. The number of hydrogen-bond acceptors (Lipinski definition) is 5. The Morgan fingerprint density at radius 3 is 2.73 bits per heavy atom. The molecule has 2 heterocycles. The minimum atomic E-state index is -0.827. The number of halogens is 2. The van der Waals surface area contributed by atoms with Gasteiger partial charge in [0.15, 0.2) is 5.82 Å². The molecule has 0 spiro atoms. The quantitative estimate of drug-likeness (QED) is 0.688. The molecule has 0 aliphatic carbocycles. The van der Waals surface area contributed by atoms with Crippen LogP contribution in [0.25, 0.3) is 0 Å². The van der Waals surface area contributed by atoms with Gasteiger partial charge < -0.3 is 20.9 Å². The molecule has 1 aromatic carbocycles. The minimum absolute atomic E-state index is 0.0824. The molecule has 0 bridgehead atoms. The zero-order valence-corrected chi connectivity index (χ0v) is 14.1. The van der Waals surface area contributed by atoms with Gasteiger partial charge in [0.2, 0.25) is 0 Å². The maximum atomic E-state index is 13.5. The predicted octanol–water partition coefficient (Wildman–Crippen LogP) is 2.59. The Morgan fingerprint density at radius 2 is 1.96 bits per heavy atom. The summed E-state index contributed by atoms with van der Waals surface area (Å²) in [6, 6.07) is 4.30. The highest BCUT2D eigenvalue weighted by molar-refractivity contribution is 5.89. The number of anilines is 3.